The van der Waals surface area contributed by atoms with E-state index in [4.69, 9.17) is 13.8 Å². The smallest absolute Gasteiger partial charge is 0.463 e. The molecule has 0 rings (SSSR count). The van der Waals surface area contributed by atoms with E-state index in [2.05, 4.69) is 129 Å². The van der Waals surface area contributed by atoms with E-state index in [1.165, 1.54) is 38.5 Å². The van der Waals surface area contributed by atoms with Gasteiger partial charge in [-0.3, -0.25) is 18.6 Å². The van der Waals surface area contributed by atoms with Gasteiger partial charge in [0.1, 0.15) is 12.7 Å². The highest BCUT2D eigenvalue weighted by atomic mass is 31.2. The van der Waals surface area contributed by atoms with Crippen molar-refractivity contribution >= 4 is 19.7 Å². The maximum absolute atomic E-state index is 12.1. The molecule has 63 heavy (non-hydrogen) atoms. The zero-order valence-corrected chi connectivity index (χ0v) is 40.4. The highest BCUT2D eigenvalue weighted by Crippen LogP contribution is 2.42. The summed E-state index contributed by atoms with van der Waals surface area (Å²) in [5.74, 6) is -0.563. The lowest BCUT2D eigenvalue weighted by Gasteiger charge is -2.15. The number of nitrogens with one attached hydrogen (secondary N) is 1. The number of amides is 1. The Morgan fingerprint density at radius 2 is 0.905 bits per heavy atom. The van der Waals surface area contributed by atoms with Gasteiger partial charge in [-0.1, -0.05) is 175 Å². The number of carbonyl (C=O) groups is 2. The number of aliphatic hydroxyl groups is 1. The van der Waals surface area contributed by atoms with Crippen LogP contribution in [-0.4, -0.2) is 54.3 Å². The summed E-state index contributed by atoms with van der Waals surface area (Å²) in [5, 5.41) is 12.7. The van der Waals surface area contributed by atoms with Gasteiger partial charge in [-0.15, -0.1) is 0 Å². The first-order chi connectivity index (χ1) is 30.8. The molecule has 0 aromatic heterocycles. The van der Waals surface area contributed by atoms with Gasteiger partial charge in [-0.05, 0) is 103 Å². The minimum absolute atomic E-state index is 0.0644. The molecule has 0 aromatic rings. The molecule has 1 amide bonds. The third-order valence-electron chi connectivity index (χ3n) is 9.69. The first-order valence-corrected chi connectivity index (χ1v) is 25.9. The summed E-state index contributed by atoms with van der Waals surface area (Å²) in [6.45, 7) is 3.35. The molecule has 0 bridgehead atoms. The summed E-state index contributed by atoms with van der Waals surface area (Å²) in [6.07, 6.45) is 64.4. The molecule has 0 heterocycles. The second-order valence-electron chi connectivity index (χ2n) is 15.7. The number of phosphoric ester groups is 1. The van der Waals surface area contributed by atoms with E-state index in [0.29, 0.717) is 12.8 Å². The van der Waals surface area contributed by atoms with Gasteiger partial charge in [0.25, 0.3) is 0 Å². The highest BCUT2D eigenvalue weighted by molar-refractivity contribution is 7.47. The van der Waals surface area contributed by atoms with Crippen LogP contribution < -0.4 is 5.32 Å². The lowest BCUT2D eigenvalue weighted by Crippen LogP contribution is -2.27. The van der Waals surface area contributed by atoms with E-state index in [1.54, 1.807) is 0 Å². The molecule has 0 saturated carbocycles. The summed E-state index contributed by atoms with van der Waals surface area (Å²) in [4.78, 5) is 34.0. The van der Waals surface area contributed by atoms with Gasteiger partial charge in [0.2, 0.25) is 5.91 Å². The number of carbonyl (C=O) groups excluding carboxylic acids is 2. The summed E-state index contributed by atoms with van der Waals surface area (Å²) in [6, 6.07) is 0. The molecule has 0 aromatic carbocycles. The Balaban J connectivity index is 3.69. The zero-order valence-electron chi connectivity index (χ0n) is 39.5. The van der Waals surface area contributed by atoms with Gasteiger partial charge in [0, 0.05) is 19.4 Å². The van der Waals surface area contributed by atoms with Gasteiger partial charge in [-0.25, -0.2) is 4.57 Å². The van der Waals surface area contributed by atoms with Crippen molar-refractivity contribution in [1.29, 1.82) is 0 Å². The predicted octanol–water partition coefficient (Wildman–Crippen LogP) is 14.3. The molecule has 0 radical (unpaired) electrons. The van der Waals surface area contributed by atoms with Crippen molar-refractivity contribution in [3.63, 3.8) is 0 Å². The number of ether oxygens (including phenoxy) is 1. The van der Waals surface area contributed by atoms with Gasteiger partial charge < -0.3 is 20.1 Å². The largest absolute Gasteiger partial charge is 0.472 e. The SMILES string of the molecule is CC/C=C\C/C=C\C/C=C\C/C=C\C/C=C\C/C=C\CCCCCCC(=O)OCC(O)COP(=O)(O)OCCNC(=O)CCCCCCCC/C=C\C/C=C\C/C=C\CCCCC. The van der Waals surface area contributed by atoms with Crippen molar-refractivity contribution in [1.82, 2.24) is 5.32 Å². The lowest BCUT2D eigenvalue weighted by molar-refractivity contribution is -0.147. The summed E-state index contributed by atoms with van der Waals surface area (Å²) in [7, 11) is -4.44. The maximum atomic E-state index is 12.1. The number of allylic oxidation sites excluding steroid dienone is 18. The number of esters is 1. The van der Waals surface area contributed by atoms with E-state index in [1.807, 2.05) is 0 Å². The van der Waals surface area contributed by atoms with Crippen molar-refractivity contribution in [2.75, 3.05) is 26.4 Å². The van der Waals surface area contributed by atoms with Crippen LogP contribution in [0.5, 0.6) is 0 Å². The third-order valence-corrected chi connectivity index (χ3v) is 10.7. The summed E-state index contributed by atoms with van der Waals surface area (Å²) in [5.41, 5.74) is 0. The van der Waals surface area contributed by atoms with Gasteiger partial charge in [0.15, 0.2) is 0 Å². The van der Waals surface area contributed by atoms with Crippen molar-refractivity contribution < 1.29 is 37.9 Å². The van der Waals surface area contributed by atoms with Crippen LogP contribution in [0.25, 0.3) is 0 Å². The summed E-state index contributed by atoms with van der Waals surface area (Å²) >= 11 is 0. The van der Waals surface area contributed by atoms with Gasteiger partial charge >= 0.3 is 13.8 Å². The van der Waals surface area contributed by atoms with Crippen LogP contribution in [0.3, 0.4) is 0 Å². The standard InChI is InChI=1S/C53H88NO8P/c1-3-5-7-9-11-13-15-17-19-21-23-24-25-26-28-30-32-34-36-38-40-42-44-46-53(57)60-49-51(55)50-62-63(58,59)61-48-47-54-52(56)45-43-41-39-37-35-33-31-29-27-22-20-18-16-14-12-10-8-6-4-2/h5,7,11-14,17-20,23-24,26-29,32,34,51,55H,3-4,6,8-10,15-16,21-22,25,30-31,33,35-50H2,1-2H3,(H,54,56)(H,58,59)/b7-5-,13-11-,14-12-,19-17-,20-18-,24-23-,28-26-,29-27-,34-32-. The van der Waals surface area contributed by atoms with Crippen LogP contribution in [0.2, 0.25) is 0 Å². The average Bonchev–Trinajstić information content (AvgIpc) is 3.27. The van der Waals surface area contributed by atoms with Crippen LogP contribution in [0.4, 0.5) is 0 Å². The Hall–Kier alpha value is -3.33. The molecular weight excluding hydrogens is 810 g/mol. The molecule has 9 nitrogen and oxygen atoms in total. The van der Waals surface area contributed by atoms with Crippen LogP contribution in [-0.2, 0) is 27.9 Å². The lowest BCUT2D eigenvalue weighted by atomic mass is 10.1. The van der Waals surface area contributed by atoms with E-state index < -0.39 is 26.5 Å². The maximum Gasteiger partial charge on any atom is 0.472 e. The van der Waals surface area contributed by atoms with Gasteiger partial charge in [0.05, 0.1) is 13.2 Å². The minimum atomic E-state index is -4.44. The normalized spacial score (nSPS) is 14.2. The molecule has 2 atom stereocenters. The highest BCUT2D eigenvalue weighted by Gasteiger charge is 2.23. The topological polar surface area (TPSA) is 131 Å². The number of rotatable bonds is 44. The quantitative estimate of drug-likeness (QED) is 0.0238. The Labute approximate surface area is 384 Å². The molecule has 358 valence electrons. The van der Waals surface area contributed by atoms with E-state index in [0.717, 1.165) is 109 Å². The van der Waals surface area contributed by atoms with E-state index in [9.17, 15) is 24.2 Å². The molecule has 0 aliphatic carbocycles. The Kier molecular flexibility index (Phi) is 45.6. The predicted molar refractivity (Wildman–Crippen MR) is 265 cm³/mol. The first-order valence-electron chi connectivity index (χ1n) is 24.4. The summed E-state index contributed by atoms with van der Waals surface area (Å²) < 4.78 is 26.9. The van der Waals surface area contributed by atoms with Gasteiger partial charge in [-0.2, -0.15) is 0 Å². The number of unbranched alkanes of at least 4 members (excludes halogenated alkanes) is 13. The molecule has 0 spiro atoms. The number of hydrogen-bond acceptors (Lipinski definition) is 7. The molecule has 2 unspecified atom stereocenters. The van der Waals surface area contributed by atoms with E-state index in [-0.39, 0.29) is 32.1 Å². The van der Waals surface area contributed by atoms with Crippen LogP contribution in [0.15, 0.2) is 109 Å². The van der Waals surface area contributed by atoms with Crippen molar-refractivity contribution in [2.45, 2.75) is 187 Å². The van der Waals surface area contributed by atoms with Crippen LogP contribution >= 0.6 is 7.82 Å². The zero-order chi connectivity index (χ0) is 46.0. The van der Waals surface area contributed by atoms with Crippen molar-refractivity contribution in [3.05, 3.63) is 109 Å². The molecular formula is C53H88NO8P. The molecule has 10 heteroatoms. The molecule has 0 aliphatic heterocycles. The fraction of sp³-hybridized carbons (Fsp3) is 0.623. The van der Waals surface area contributed by atoms with Crippen LogP contribution in [0, 0.1) is 0 Å². The molecule has 0 fully saturated rings. The molecule has 3 N–H and O–H groups in total. The molecule has 0 saturated heterocycles. The number of phosphoric acid groups is 1. The number of hydrogen-bond donors (Lipinski definition) is 3. The van der Waals surface area contributed by atoms with Crippen molar-refractivity contribution in [2.24, 2.45) is 0 Å². The minimum Gasteiger partial charge on any atom is -0.463 e. The third kappa shape index (κ3) is 49.5. The fourth-order valence-electron chi connectivity index (χ4n) is 6.04. The fourth-order valence-corrected chi connectivity index (χ4v) is 6.79. The Bertz CT molecular complexity index is 1390. The first kappa shape index (κ1) is 59.7. The number of aliphatic hydroxyl groups excluding tert-OH is 1. The Morgan fingerprint density at radius 1 is 0.508 bits per heavy atom. The second-order valence-corrected chi connectivity index (χ2v) is 17.1. The molecule has 0 aliphatic rings. The average molecular weight is 898 g/mol. The van der Waals surface area contributed by atoms with Crippen molar-refractivity contribution in [3.8, 4) is 0 Å². The monoisotopic (exact) mass is 898 g/mol. The van der Waals surface area contributed by atoms with Crippen LogP contribution in [0.1, 0.15) is 181 Å². The second kappa shape index (κ2) is 48.1. The van der Waals surface area contributed by atoms with E-state index >= 15 is 0 Å². The Morgan fingerprint density at radius 3 is 1.37 bits per heavy atom.